The fraction of sp³-hybridized carbons (Fsp3) is 0.176. The van der Waals surface area contributed by atoms with Crippen molar-refractivity contribution in [3.8, 4) is 0 Å². The molecule has 1 aliphatic heterocycles. The highest BCUT2D eigenvalue weighted by atomic mass is 32.2. The first-order valence-corrected chi connectivity index (χ1v) is 8.62. The molecule has 0 spiro atoms. The average Bonchev–Trinajstić information content (AvgIpc) is 2.89. The van der Waals surface area contributed by atoms with Gasteiger partial charge in [0.15, 0.2) is 0 Å². The van der Waals surface area contributed by atoms with Crippen LogP contribution in [0, 0.1) is 17.0 Å². The van der Waals surface area contributed by atoms with Gasteiger partial charge in [-0.25, -0.2) is 9.88 Å². The van der Waals surface area contributed by atoms with E-state index in [2.05, 4.69) is 4.98 Å². The van der Waals surface area contributed by atoms with Crippen LogP contribution in [0.1, 0.15) is 22.3 Å². The van der Waals surface area contributed by atoms with E-state index in [0.717, 1.165) is 16.7 Å². The number of aromatic carboxylic acids is 1. The third-order valence-corrected chi connectivity index (χ3v) is 5.12. The number of benzene rings is 1. The Balaban J connectivity index is 1.93. The molecule has 0 N–H and O–H groups in total. The molecule has 10 heteroatoms. The van der Waals surface area contributed by atoms with Crippen molar-refractivity contribution >= 4 is 40.9 Å². The number of hydrogen-bond acceptors (Lipinski definition) is 8. The summed E-state index contributed by atoms with van der Waals surface area (Å²) in [6.07, 6.45) is 1.14. The van der Waals surface area contributed by atoms with E-state index in [9.17, 15) is 29.6 Å². The summed E-state index contributed by atoms with van der Waals surface area (Å²) in [7, 11) is 0. The van der Waals surface area contributed by atoms with Crippen molar-refractivity contribution in [2.75, 3.05) is 4.90 Å². The molecule has 1 fully saturated rings. The number of carbonyl (C=O) groups is 3. The van der Waals surface area contributed by atoms with Gasteiger partial charge in [0.05, 0.1) is 16.1 Å². The summed E-state index contributed by atoms with van der Waals surface area (Å²) in [5, 5.41) is 21.6. The minimum absolute atomic E-state index is 0.0453. The monoisotopic (exact) mass is 386 g/mol. The summed E-state index contributed by atoms with van der Waals surface area (Å²) in [6, 6.07) is 6.90. The van der Waals surface area contributed by atoms with Crippen molar-refractivity contribution in [3.63, 3.8) is 0 Å². The summed E-state index contributed by atoms with van der Waals surface area (Å²) in [5.74, 6) is -2.71. The number of thioether (sulfide) groups is 1. The lowest BCUT2D eigenvalue weighted by Crippen LogP contribution is -2.32. The van der Waals surface area contributed by atoms with Gasteiger partial charge < -0.3 is 9.90 Å². The number of carbonyl (C=O) groups excluding carboxylic acids is 3. The van der Waals surface area contributed by atoms with E-state index in [-0.39, 0.29) is 28.4 Å². The topological polar surface area (TPSA) is 134 Å². The average molecular weight is 386 g/mol. The van der Waals surface area contributed by atoms with Crippen LogP contribution in [0.4, 0.5) is 11.4 Å². The Labute approximate surface area is 157 Å². The Hall–Kier alpha value is -3.27. The summed E-state index contributed by atoms with van der Waals surface area (Å²) >= 11 is 0.820. The number of hydrogen-bond donors (Lipinski definition) is 0. The second-order valence-corrected chi connectivity index (χ2v) is 6.96. The molecular weight excluding hydrogens is 374 g/mol. The van der Waals surface area contributed by atoms with Gasteiger partial charge >= 0.3 is 0 Å². The fourth-order valence-corrected chi connectivity index (χ4v) is 3.79. The summed E-state index contributed by atoms with van der Waals surface area (Å²) in [6.45, 7) is 1.66. The number of imide groups is 1. The molecule has 1 aromatic heterocycles. The number of nitro groups is 1. The first-order valence-electron chi connectivity index (χ1n) is 7.74. The van der Waals surface area contributed by atoms with Crippen LogP contribution in [-0.4, -0.2) is 32.9 Å². The molecule has 3 rings (SSSR count). The number of aromatic nitrogens is 1. The number of nitro benzene ring substituents is 1. The van der Waals surface area contributed by atoms with Crippen LogP contribution in [0.3, 0.4) is 0 Å². The number of aryl methyl sites for hydroxylation is 1. The number of carboxylic acid groups (broad SMARTS) is 1. The Bertz CT molecular complexity index is 977. The zero-order valence-corrected chi connectivity index (χ0v) is 14.8. The van der Waals surface area contributed by atoms with Gasteiger partial charge in [-0.05, 0) is 30.7 Å². The summed E-state index contributed by atoms with van der Waals surface area (Å²) < 4.78 is 0. The molecule has 1 atom stereocenters. The van der Waals surface area contributed by atoms with E-state index in [1.54, 1.807) is 13.0 Å². The third kappa shape index (κ3) is 3.51. The molecule has 1 saturated heterocycles. The molecule has 0 bridgehead atoms. The molecule has 138 valence electrons. The minimum atomic E-state index is -1.45. The van der Waals surface area contributed by atoms with Crippen molar-refractivity contribution in [1.29, 1.82) is 0 Å². The summed E-state index contributed by atoms with van der Waals surface area (Å²) in [4.78, 5) is 51.6. The van der Waals surface area contributed by atoms with E-state index >= 15 is 0 Å². The lowest BCUT2D eigenvalue weighted by molar-refractivity contribution is -0.384. The molecule has 2 heterocycles. The van der Waals surface area contributed by atoms with Gasteiger partial charge in [-0.3, -0.25) is 19.7 Å². The first-order chi connectivity index (χ1) is 12.8. The van der Waals surface area contributed by atoms with Crippen molar-refractivity contribution in [2.45, 2.75) is 23.6 Å². The highest BCUT2D eigenvalue weighted by Crippen LogP contribution is 2.38. The van der Waals surface area contributed by atoms with Crippen LogP contribution in [0.15, 0.2) is 41.6 Å². The smallest absolute Gasteiger partial charge is 0.293 e. The standard InChI is InChI=1S/C17H13N3O6S/c1-9-4-5-11(12(7-9)20(25)26)19-14(21)8-13(16(19)22)27-15-10(17(23)24)3-2-6-18-15/h2-7,13H,8H2,1H3,(H,23,24)/p-1/t13-/m1/s1. The van der Waals surface area contributed by atoms with E-state index < -0.39 is 28.0 Å². The highest BCUT2D eigenvalue weighted by molar-refractivity contribution is 8.00. The van der Waals surface area contributed by atoms with Crippen molar-refractivity contribution in [2.24, 2.45) is 0 Å². The molecule has 1 aliphatic rings. The lowest BCUT2D eigenvalue weighted by Gasteiger charge is -2.16. The van der Waals surface area contributed by atoms with Crippen LogP contribution < -0.4 is 10.0 Å². The zero-order chi connectivity index (χ0) is 19.7. The molecule has 0 aliphatic carbocycles. The molecule has 2 amide bonds. The zero-order valence-electron chi connectivity index (χ0n) is 13.9. The van der Waals surface area contributed by atoms with Crippen LogP contribution in [0.2, 0.25) is 0 Å². The van der Waals surface area contributed by atoms with E-state index in [4.69, 9.17) is 0 Å². The van der Waals surface area contributed by atoms with Gasteiger partial charge in [0.2, 0.25) is 11.8 Å². The molecule has 27 heavy (non-hydrogen) atoms. The second kappa shape index (κ2) is 7.16. The maximum absolute atomic E-state index is 12.7. The van der Waals surface area contributed by atoms with Gasteiger partial charge in [-0.15, -0.1) is 0 Å². The number of pyridine rings is 1. The number of rotatable bonds is 5. The van der Waals surface area contributed by atoms with Crippen molar-refractivity contribution in [3.05, 3.63) is 57.8 Å². The molecule has 0 radical (unpaired) electrons. The van der Waals surface area contributed by atoms with Gasteiger partial charge in [0, 0.05) is 24.2 Å². The maximum atomic E-state index is 12.7. The van der Waals surface area contributed by atoms with Crippen molar-refractivity contribution < 1.29 is 24.4 Å². The predicted molar refractivity (Wildman–Crippen MR) is 93.2 cm³/mol. The van der Waals surface area contributed by atoms with E-state index in [1.165, 1.54) is 30.5 Å². The quantitative estimate of drug-likeness (QED) is 0.423. The van der Waals surface area contributed by atoms with Crippen LogP contribution in [0.25, 0.3) is 0 Å². The first kappa shape index (κ1) is 18.5. The molecule has 9 nitrogen and oxygen atoms in total. The largest absolute Gasteiger partial charge is 0.545 e. The highest BCUT2D eigenvalue weighted by Gasteiger charge is 2.43. The predicted octanol–water partition coefficient (Wildman–Crippen LogP) is 1.09. The van der Waals surface area contributed by atoms with Gasteiger partial charge in [0.25, 0.3) is 5.69 Å². The maximum Gasteiger partial charge on any atom is 0.293 e. The van der Waals surface area contributed by atoms with Gasteiger partial charge in [-0.2, -0.15) is 0 Å². The molecule has 0 unspecified atom stereocenters. The molecule has 1 aromatic carbocycles. The molecule has 2 aromatic rings. The van der Waals surface area contributed by atoms with Crippen LogP contribution in [-0.2, 0) is 9.59 Å². The summed E-state index contributed by atoms with van der Waals surface area (Å²) in [5.41, 5.74) is -0.0365. The van der Waals surface area contributed by atoms with Crippen LogP contribution in [0.5, 0.6) is 0 Å². The Morgan fingerprint density at radius 1 is 1.33 bits per heavy atom. The lowest BCUT2D eigenvalue weighted by atomic mass is 10.2. The van der Waals surface area contributed by atoms with Crippen molar-refractivity contribution in [1.82, 2.24) is 4.98 Å². The Morgan fingerprint density at radius 3 is 2.74 bits per heavy atom. The van der Waals surface area contributed by atoms with Gasteiger partial charge in [-0.1, -0.05) is 17.8 Å². The van der Waals surface area contributed by atoms with E-state index in [0.29, 0.717) is 5.56 Å². The Kier molecular flexibility index (Phi) is 4.91. The Morgan fingerprint density at radius 2 is 2.07 bits per heavy atom. The molecule has 0 saturated carbocycles. The number of anilines is 1. The number of carboxylic acids is 1. The fourth-order valence-electron chi connectivity index (χ4n) is 2.69. The third-order valence-electron chi connectivity index (χ3n) is 3.92. The number of nitrogens with zero attached hydrogens (tertiary/aromatic N) is 3. The van der Waals surface area contributed by atoms with Crippen LogP contribution >= 0.6 is 11.8 Å². The van der Waals surface area contributed by atoms with E-state index in [1.807, 2.05) is 0 Å². The SMILES string of the molecule is Cc1ccc(N2C(=O)C[C@@H](Sc3ncccc3C(=O)[O-])C2=O)c([N+](=O)[O-])c1. The minimum Gasteiger partial charge on any atom is -0.545 e. The van der Waals surface area contributed by atoms with Gasteiger partial charge in [0.1, 0.15) is 10.7 Å². The number of amides is 2. The molecular formula is C17H12N3O6S-. The second-order valence-electron chi connectivity index (χ2n) is 5.77. The normalized spacial score (nSPS) is 16.6.